The minimum atomic E-state index is 0.344. The van der Waals surface area contributed by atoms with Crippen molar-refractivity contribution in [3.05, 3.63) is 35.7 Å². The van der Waals surface area contributed by atoms with Gasteiger partial charge in [0.05, 0.1) is 12.8 Å². The second-order valence-corrected chi connectivity index (χ2v) is 5.72. The van der Waals surface area contributed by atoms with Gasteiger partial charge in [-0.25, -0.2) is 0 Å². The second kappa shape index (κ2) is 8.83. The zero-order chi connectivity index (χ0) is 14.9. The quantitative estimate of drug-likeness (QED) is 0.719. The van der Waals surface area contributed by atoms with Crippen molar-refractivity contribution in [2.75, 3.05) is 13.2 Å². The molecule has 1 aromatic heterocycles. The molecular weight excluding hydrogens is 260 g/mol. The summed E-state index contributed by atoms with van der Waals surface area (Å²) in [5.74, 6) is 0.884. The largest absolute Gasteiger partial charge is 0.492 e. The Hall–Kier alpha value is -1.35. The molecule has 0 saturated carbocycles. The Morgan fingerprint density at radius 3 is 2.90 bits per heavy atom. The first-order valence-electron chi connectivity index (χ1n) is 8.32. The Labute approximate surface area is 128 Å². The third-order valence-corrected chi connectivity index (χ3v) is 3.91. The number of aromatic nitrogens is 1. The Balaban J connectivity index is 2.07. The van der Waals surface area contributed by atoms with Crippen molar-refractivity contribution < 1.29 is 4.74 Å². The molecule has 3 nitrogen and oxygen atoms in total. The van der Waals surface area contributed by atoms with E-state index in [1.54, 1.807) is 5.57 Å². The van der Waals surface area contributed by atoms with E-state index in [2.05, 4.69) is 36.3 Å². The molecule has 3 heteroatoms. The van der Waals surface area contributed by atoms with Gasteiger partial charge in [-0.05, 0) is 56.7 Å². The summed E-state index contributed by atoms with van der Waals surface area (Å²) in [4.78, 5) is 4.35. The number of nitrogens with one attached hydrogen (secondary N) is 1. The van der Waals surface area contributed by atoms with E-state index < -0.39 is 0 Å². The molecule has 1 N–H and O–H groups in total. The normalized spacial score (nSPS) is 16.4. The van der Waals surface area contributed by atoms with Gasteiger partial charge >= 0.3 is 0 Å². The maximum absolute atomic E-state index is 5.71. The summed E-state index contributed by atoms with van der Waals surface area (Å²) >= 11 is 0. The summed E-state index contributed by atoms with van der Waals surface area (Å²) in [6.07, 6.45) is 13.5. The highest BCUT2D eigenvalue weighted by atomic mass is 16.5. The Bertz CT molecular complexity index is 456. The summed E-state index contributed by atoms with van der Waals surface area (Å²) in [5.41, 5.74) is 2.82. The van der Waals surface area contributed by atoms with E-state index >= 15 is 0 Å². The number of hydrogen-bond acceptors (Lipinski definition) is 3. The van der Waals surface area contributed by atoms with E-state index in [-0.39, 0.29) is 0 Å². The maximum atomic E-state index is 5.71. The molecule has 1 aliphatic carbocycles. The molecule has 1 aromatic rings. The van der Waals surface area contributed by atoms with Crippen LogP contribution in [0.4, 0.5) is 0 Å². The Morgan fingerprint density at radius 1 is 1.29 bits per heavy atom. The third-order valence-electron chi connectivity index (χ3n) is 3.91. The molecule has 1 unspecified atom stereocenters. The predicted molar refractivity (Wildman–Crippen MR) is 87.6 cm³/mol. The monoisotopic (exact) mass is 288 g/mol. The molecule has 0 spiro atoms. The average Bonchev–Trinajstić information content (AvgIpc) is 2.54. The van der Waals surface area contributed by atoms with E-state index in [0.717, 1.165) is 31.7 Å². The van der Waals surface area contributed by atoms with Crippen LogP contribution in [0.2, 0.25) is 0 Å². The molecule has 0 fully saturated rings. The van der Waals surface area contributed by atoms with Gasteiger partial charge in [-0.1, -0.05) is 25.5 Å². The van der Waals surface area contributed by atoms with Gasteiger partial charge in [0.1, 0.15) is 5.75 Å². The van der Waals surface area contributed by atoms with Crippen molar-refractivity contribution in [3.8, 4) is 5.75 Å². The molecule has 116 valence electrons. The van der Waals surface area contributed by atoms with Crippen LogP contribution in [0.1, 0.15) is 64.0 Å². The van der Waals surface area contributed by atoms with Crippen LogP contribution in [0.5, 0.6) is 5.75 Å². The van der Waals surface area contributed by atoms with Crippen LogP contribution in [-0.4, -0.2) is 18.1 Å². The number of rotatable bonds is 8. The lowest BCUT2D eigenvalue weighted by atomic mass is 9.92. The molecule has 0 aliphatic heterocycles. The predicted octanol–water partition coefficient (Wildman–Crippen LogP) is 4.41. The maximum Gasteiger partial charge on any atom is 0.137 e. The van der Waals surface area contributed by atoms with Crippen LogP contribution in [0.3, 0.4) is 0 Å². The van der Waals surface area contributed by atoms with Crippen LogP contribution in [-0.2, 0) is 0 Å². The van der Waals surface area contributed by atoms with Crippen LogP contribution >= 0.6 is 0 Å². The van der Waals surface area contributed by atoms with Crippen molar-refractivity contribution in [3.63, 3.8) is 0 Å². The molecular formula is C18H28N2O. The van der Waals surface area contributed by atoms with Crippen molar-refractivity contribution in [1.82, 2.24) is 10.3 Å². The fourth-order valence-electron chi connectivity index (χ4n) is 2.83. The van der Waals surface area contributed by atoms with Gasteiger partial charge in [-0.2, -0.15) is 0 Å². The highest BCUT2D eigenvalue weighted by Gasteiger charge is 2.15. The van der Waals surface area contributed by atoms with E-state index in [4.69, 9.17) is 4.74 Å². The lowest BCUT2D eigenvalue weighted by Crippen LogP contribution is -2.22. The summed E-state index contributed by atoms with van der Waals surface area (Å²) in [6.45, 7) is 6.00. The smallest absolute Gasteiger partial charge is 0.137 e. The molecule has 2 rings (SSSR count). The summed E-state index contributed by atoms with van der Waals surface area (Å²) in [5, 5.41) is 3.59. The highest BCUT2D eigenvalue weighted by molar-refractivity contribution is 5.27. The molecule has 1 atom stereocenters. The third kappa shape index (κ3) is 5.16. The van der Waals surface area contributed by atoms with E-state index in [0.29, 0.717) is 6.04 Å². The zero-order valence-corrected chi connectivity index (χ0v) is 13.4. The SMILES string of the molecule is CCCOc1cncc(C(CC2=CCCCC2)NCC)c1. The van der Waals surface area contributed by atoms with Crippen LogP contribution in [0, 0.1) is 0 Å². The summed E-state index contributed by atoms with van der Waals surface area (Å²) in [6, 6.07) is 2.48. The van der Waals surface area contributed by atoms with Crippen molar-refractivity contribution >= 4 is 0 Å². The number of allylic oxidation sites excluding steroid dienone is 1. The first kappa shape index (κ1) is 16.0. The molecule has 0 saturated heterocycles. The van der Waals surface area contributed by atoms with Gasteiger partial charge in [-0.3, -0.25) is 4.98 Å². The van der Waals surface area contributed by atoms with Gasteiger partial charge in [0, 0.05) is 12.2 Å². The standard InChI is InChI=1S/C18H28N2O/c1-3-10-21-17-12-16(13-19-14-17)18(20-4-2)11-15-8-6-5-7-9-15/h8,12-14,18,20H,3-7,9-11H2,1-2H3. The topological polar surface area (TPSA) is 34.1 Å². The van der Waals surface area contributed by atoms with Gasteiger partial charge in [-0.15, -0.1) is 0 Å². The fourth-order valence-corrected chi connectivity index (χ4v) is 2.83. The minimum Gasteiger partial charge on any atom is -0.492 e. The Morgan fingerprint density at radius 2 is 2.19 bits per heavy atom. The van der Waals surface area contributed by atoms with Crippen LogP contribution < -0.4 is 10.1 Å². The van der Waals surface area contributed by atoms with Crippen molar-refractivity contribution in [2.45, 2.75) is 58.4 Å². The molecule has 0 aromatic carbocycles. The first-order valence-corrected chi connectivity index (χ1v) is 8.32. The van der Waals surface area contributed by atoms with Crippen molar-refractivity contribution in [2.24, 2.45) is 0 Å². The second-order valence-electron chi connectivity index (χ2n) is 5.72. The lowest BCUT2D eigenvalue weighted by Gasteiger charge is -2.22. The van der Waals surface area contributed by atoms with Gasteiger partial charge in [0.25, 0.3) is 0 Å². The van der Waals surface area contributed by atoms with Gasteiger partial charge in [0.2, 0.25) is 0 Å². The van der Waals surface area contributed by atoms with E-state index in [9.17, 15) is 0 Å². The van der Waals surface area contributed by atoms with Gasteiger partial charge < -0.3 is 10.1 Å². The lowest BCUT2D eigenvalue weighted by molar-refractivity contribution is 0.315. The van der Waals surface area contributed by atoms with Crippen LogP contribution in [0.15, 0.2) is 30.1 Å². The molecule has 0 amide bonds. The summed E-state index contributed by atoms with van der Waals surface area (Å²) < 4.78 is 5.71. The highest BCUT2D eigenvalue weighted by Crippen LogP contribution is 2.28. The van der Waals surface area contributed by atoms with Gasteiger partial charge in [0.15, 0.2) is 0 Å². The minimum absolute atomic E-state index is 0.344. The Kier molecular flexibility index (Phi) is 6.74. The summed E-state index contributed by atoms with van der Waals surface area (Å²) in [7, 11) is 0. The zero-order valence-electron chi connectivity index (χ0n) is 13.4. The first-order chi connectivity index (χ1) is 10.3. The number of ether oxygens (including phenoxy) is 1. The van der Waals surface area contributed by atoms with E-state index in [1.807, 2.05) is 12.4 Å². The van der Waals surface area contributed by atoms with E-state index in [1.165, 1.54) is 31.2 Å². The molecule has 0 bridgehead atoms. The molecule has 21 heavy (non-hydrogen) atoms. The number of pyridine rings is 1. The van der Waals surface area contributed by atoms with Crippen molar-refractivity contribution in [1.29, 1.82) is 0 Å². The molecule has 1 heterocycles. The fraction of sp³-hybridized carbons (Fsp3) is 0.611. The number of hydrogen-bond donors (Lipinski definition) is 1. The van der Waals surface area contributed by atoms with Crippen LogP contribution in [0.25, 0.3) is 0 Å². The molecule has 1 aliphatic rings. The average molecular weight is 288 g/mol. The number of nitrogens with zero attached hydrogens (tertiary/aromatic N) is 1. The molecule has 0 radical (unpaired) electrons.